The SMILES string of the molecule is CCc1c(C(=O)Nc2ccc(N3CCOCC3)cc2)cnn1-c1ccccc1. The highest BCUT2D eigenvalue weighted by Gasteiger charge is 2.17. The molecule has 1 aromatic heterocycles. The Bertz CT molecular complexity index is 929. The van der Waals surface area contributed by atoms with E-state index in [-0.39, 0.29) is 5.91 Å². The number of nitrogens with zero attached hydrogens (tertiary/aromatic N) is 3. The summed E-state index contributed by atoms with van der Waals surface area (Å²) in [5, 5.41) is 7.42. The van der Waals surface area contributed by atoms with Crippen molar-refractivity contribution in [2.45, 2.75) is 13.3 Å². The van der Waals surface area contributed by atoms with Gasteiger partial charge < -0.3 is 15.0 Å². The zero-order valence-corrected chi connectivity index (χ0v) is 16.0. The zero-order chi connectivity index (χ0) is 19.3. The monoisotopic (exact) mass is 376 g/mol. The smallest absolute Gasteiger partial charge is 0.259 e. The number of para-hydroxylation sites is 1. The summed E-state index contributed by atoms with van der Waals surface area (Å²) in [7, 11) is 0. The summed E-state index contributed by atoms with van der Waals surface area (Å²) in [6, 6.07) is 17.8. The molecule has 0 atom stereocenters. The molecule has 2 aromatic carbocycles. The van der Waals surface area contributed by atoms with E-state index in [1.165, 1.54) is 0 Å². The Hall–Kier alpha value is -3.12. The minimum atomic E-state index is -0.141. The lowest BCUT2D eigenvalue weighted by Gasteiger charge is -2.28. The lowest BCUT2D eigenvalue weighted by molar-refractivity contribution is 0.102. The molecule has 4 rings (SSSR count). The van der Waals surface area contributed by atoms with Crippen molar-refractivity contribution in [2.75, 3.05) is 36.5 Å². The van der Waals surface area contributed by atoms with E-state index in [1.807, 2.05) is 66.2 Å². The Balaban J connectivity index is 1.50. The first kappa shape index (κ1) is 18.3. The van der Waals surface area contributed by atoms with Gasteiger partial charge in [0.25, 0.3) is 5.91 Å². The molecule has 0 aliphatic carbocycles. The normalized spacial score (nSPS) is 14.1. The van der Waals surface area contributed by atoms with E-state index in [0.29, 0.717) is 12.0 Å². The largest absolute Gasteiger partial charge is 0.378 e. The van der Waals surface area contributed by atoms with Crippen LogP contribution in [0, 0.1) is 0 Å². The molecule has 1 amide bonds. The van der Waals surface area contributed by atoms with Gasteiger partial charge in [-0.25, -0.2) is 4.68 Å². The molecule has 3 aromatic rings. The standard InChI is InChI=1S/C22H24N4O2/c1-2-21-20(16-23-26(21)19-6-4-3-5-7-19)22(27)24-17-8-10-18(11-9-17)25-12-14-28-15-13-25/h3-11,16H,2,12-15H2,1H3,(H,24,27). The molecule has 0 unspecified atom stereocenters. The fourth-order valence-electron chi connectivity index (χ4n) is 3.47. The summed E-state index contributed by atoms with van der Waals surface area (Å²) in [6.45, 7) is 5.33. The molecule has 6 heteroatoms. The Kier molecular flexibility index (Phi) is 5.39. The van der Waals surface area contributed by atoms with Crippen LogP contribution >= 0.6 is 0 Å². The first-order chi connectivity index (χ1) is 13.8. The van der Waals surface area contributed by atoms with Gasteiger partial charge in [-0.2, -0.15) is 5.10 Å². The lowest BCUT2D eigenvalue weighted by atomic mass is 10.1. The Morgan fingerprint density at radius 1 is 1.04 bits per heavy atom. The second kappa shape index (κ2) is 8.27. The van der Waals surface area contributed by atoms with Crippen molar-refractivity contribution in [3.05, 3.63) is 72.1 Å². The number of hydrogen-bond acceptors (Lipinski definition) is 4. The summed E-state index contributed by atoms with van der Waals surface area (Å²) < 4.78 is 7.23. The van der Waals surface area contributed by atoms with Gasteiger partial charge in [0.05, 0.1) is 36.4 Å². The molecule has 28 heavy (non-hydrogen) atoms. The van der Waals surface area contributed by atoms with Gasteiger partial charge in [0, 0.05) is 24.5 Å². The van der Waals surface area contributed by atoms with Crippen LogP contribution in [0.1, 0.15) is 23.0 Å². The molecule has 0 spiro atoms. The highest BCUT2D eigenvalue weighted by molar-refractivity contribution is 6.05. The third-order valence-electron chi connectivity index (χ3n) is 4.95. The number of rotatable bonds is 5. The summed E-state index contributed by atoms with van der Waals surface area (Å²) in [6.07, 6.45) is 2.36. The first-order valence-corrected chi connectivity index (χ1v) is 9.62. The van der Waals surface area contributed by atoms with Crippen molar-refractivity contribution in [3.63, 3.8) is 0 Å². The predicted octanol–water partition coefficient (Wildman–Crippen LogP) is 3.52. The maximum atomic E-state index is 12.8. The van der Waals surface area contributed by atoms with Crippen LogP contribution < -0.4 is 10.2 Å². The first-order valence-electron chi connectivity index (χ1n) is 9.62. The lowest BCUT2D eigenvalue weighted by Crippen LogP contribution is -2.36. The number of hydrogen-bond donors (Lipinski definition) is 1. The second-order valence-corrected chi connectivity index (χ2v) is 6.71. The summed E-state index contributed by atoms with van der Waals surface area (Å²) in [4.78, 5) is 15.1. The molecule has 144 valence electrons. The third kappa shape index (κ3) is 3.77. The van der Waals surface area contributed by atoms with Crippen molar-refractivity contribution in [1.29, 1.82) is 0 Å². The van der Waals surface area contributed by atoms with E-state index in [4.69, 9.17) is 4.74 Å². The van der Waals surface area contributed by atoms with Crippen LogP contribution in [0.15, 0.2) is 60.8 Å². The summed E-state index contributed by atoms with van der Waals surface area (Å²) in [5.74, 6) is -0.141. The maximum Gasteiger partial charge on any atom is 0.259 e. The van der Waals surface area contributed by atoms with Crippen LogP contribution in [0.4, 0.5) is 11.4 Å². The van der Waals surface area contributed by atoms with Crippen molar-refractivity contribution >= 4 is 17.3 Å². The minimum Gasteiger partial charge on any atom is -0.378 e. The molecular weight excluding hydrogens is 352 g/mol. The average Bonchev–Trinajstić information content (AvgIpc) is 3.20. The van der Waals surface area contributed by atoms with Crippen LogP contribution in [0.5, 0.6) is 0 Å². The number of morpholine rings is 1. The van der Waals surface area contributed by atoms with Crippen molar-refractivity contribution in [2.24, 2.45) is 0 Å². The number of anilines is 2. The van der Waals surface area contributed by atoms with E-state index < -0.39 is 0 Å². The zero-order valence-electron chi connectivity index (χ0n) is 16.0. The van der Waals surface area contributed by atoms with Crippen LogP contribution in [-0.4, -0.2) is 42.0 Å². The fraction of sp³-hybridized carbons (Fsp3) is 0.273. The number of carbonyl (C=O) groups excluding carboxylic acids is 1. The van der Waals surface area contributed by atoms with Gasteiger partial charge in [0.15, 0.2) is 0 Å². The summed E-state index contributed by atoms with van der Waals surface area (Å²) >= 11 is 0. The van der Waals surface area contributed by atoms with E-state index in [1.54, 1.807) is 6.20 Å². The van der Waals surface area contributed by atoms with Crippen LogP contribution in [0.3, 0.4) is 0 Å². The van der Waals surface area contributed by atoms with Gasteiger partial charge in [-0.3, -0.25) is 4.79 Å². The van der Waals surface area contributed by atoms with Crippen molar-refractivity contribution < 1.29 is 9.53 Å². The number of benzene rings is 2. The highest BCUT2D eigenvalue weighted by Crippen LogP contribution is 2.21. The number of nitrogens with one attached hydrogen (secondary N) is 1. The van der Waals surface area contributed by atoms with Crippen LogP contribution in [-0.2, 0) is 11.2 Å². The van der Waals surface area contributed by atoms with Gasteiger partial charge in [0.1, 0.15) is 0 Å². The Morgan fingerprint density at radius 3 is 2.43 bits per heavy atom. The quantitative estimate of drug-likeness (QED) is 0.740. The molecule has 1 N–H and O–H groups in total. The van der Waals surface area contributed by atoms with E-state index in [2.05, 4.69) is 15.3 Å². The molecular formula is C22H24N4O2. The molecule has 2 heterocycles. The Labute approximate surface area is 164 Å². The summed E-state index contributed by atoms with van der Waals surface area (Å²) in [5.41, 5.74) is 4.37. The highest BCUT2D eigenvalue weighted by atomic mass is 16.5. The average molecular weight is 376 g/mol. The third-order valence-corrected chi connectivity index (χ3v) is 4.95. The van der Waals surface area contributed by atoms with Gasteiger partial charge >= 0.3 is 0 Å². The number of carbonyl (C=O) groups is 1. The molecule has 6 nitrogen and oxygen atoms in total. The van der Waals surface area contributed by atoms with Crippen LogP contribution in [0.25, 0.3) is 5.69 Å². The van der Waals surface area contributed by atoms with Crippen LogP contribution in [0.2, 0.25) is 0 Å². The number of amides is 1. The predicted molar refractivity (Wildman–Crippen MR) is 110 cm³/mol. The molecule has 0 radical (unpaired) electrons. The molecule has 0 bridgehead atoms. The Morgan fingerprint density at radius 2 is 1.75 bits per heavy atom. The number of aromatic nitrogens is 2. The molecule has 0 saturated carbocycles. The topological polar surface area (TPSA) is 59.4 Å². The van der Waals surface area contributed by atoms with E-state index >= 15 is 0 Å². The van der Waals surface area contributed by atoms with E-state index in [9.17, 15) is 4.79 Å². The van der Waals surface area contributed by atoms with Crippen molar-refractivity contribution in [3.8, 4) is 5.69 Å². The number of ether oxygens (including phenoxy) is 1. The molecule has 1 fully saturated rings. The molecule has 1 saturated heterocycles. The van der Waals surface area contributed by atoms with Gasteiger partial charge in [-0.05, 0) is 42.8 Å². The van der Waals surface area contributed by atoms with Gasteiger partial charge in [0.2, 0.25) is 0 Å². The molecule has 1 aliphatic heterocycles. The van der Waals surface area contributed by atoms with Gasteiger partial charge in [-0.1, -0.05) is 25.1 Å². The van der Waals surface area contributed by atoms with Gasteiger partial charge in [-0.15, -0.1) is 0 Å². The van der Waals surface area contributed by atoms with Crippen molar-refractivity contribution in [1.82, 2.24) is 9.78 Å². The van der Waals surface area contributed by atoms with E-state index in [0.717, 1.165) is 49.1 Å². The maximum absolute atomic E-state index is 12.8. The fourth-order valence-corrected chi connectivity index (χ4v) is 3.47. The molecule has 1 aliphatic rings. The minimum absolute atomic E-state index is 0.141. The second-order valence-electron chi connectivity index (χ2n) is 6.71.